The summed E-state index contributed by atoms with van der Waals surface area (Å²) in [4.78, 5) is 0. The number of allylic oxidation sites excluding steroid dienone is 3. The van der Waals surface area contributed by atoms with Gasteiger partial charge in [-0.25, -0.2) is 0 Å². The Morgan fingerprint density at radius 2 is 0.820 bits per heavy atom. The highest BCUT2D eigenvalue weighted by molar-refractivity contribution is 5.92. The van der Waals surface area contributed by atoms with Crippen LogP contribution in [0.1, 0.15) is 18.4 Å². The van der Waals surface area contributed by atoms with Crippen LogP contribution in [0.25, 0.3) is 72.3 Å². The molecule has 50 heavy (non-hydrogen) atoms. The van der Waals surface area contributed by atoms with Gasteiger partial charge in [-0.2, -0.15) is 0 Å². The first-order chi connectivity index (χ1) is 24.8. The van der Waals surface area contributed by atoms with E-state index < -0.39 is 0 Å². The lowest BCUT2D eigenvalue weighted by atomic mass is 9.85. The zero-order valence-electron chi connectivity index (χ0n) is 27.9. The summed E-state index contributed by atoms with van der Waals surface area (Å²) in [5.74, 6) is 0.978. The van der Waals surface area contributed by atoms with Crippen LogP contribution < -0.4 is 4.74 Å². The number of hydrogen-bond acceptors (Lipinski definition) is 1. The van der Waals surface area contributed by atoms with Gasteiger partial charge in [0.15, 0.2) is 0 Å². The topological polar surface area (TPSA) is 9.23 Å². The van der Waals surface area contributed by atoms with Gasteiger partial charge >= 0.3 is 0 Å². The van der Waals surface area contributed by atoms with Crippen molar-refractivity contribution in [2.45, 2.75) is 12.8 Å². The highest BCUT2D eigenvalue weighted by atomic mass is 16.5. The first kappa shape index (κ1) is 29.9. The minimum absolute atomic E-state index is 0.692. The first-order valence-corrected chi connectivity index (χ1v) is 17.5. The Bertz CT molecular complexity index is 2260. The van der Waals surface area contributed by atoms with E-state index in [1.54, 1.807) is 0 Å². The van der Waals surface area contributed by atoms with Gasteiger partial charge in [0.05, 0.1) is 0 Å². The summed E-state index contributed by atoms with van der Waals surface area (Å²) < 4.78 is 6.23. The lowest BCUT2D eigenvalue weighted by Crippen LogP contribution is -2.13. The molecular weight excluding hydrogens is 605 g/mol. The van der Waals surface area contributed by atoms with E-state index in [2.05, 4.69) is 182 Å². The lowest BCUT2D eigenvalue weighted by Gasteiger charge is -2.26. The van der Waals surface area contributed by atoms with Crippen molar-refractivity contribution in [1.82, 2.24) is 0 Å². The molecular formula is C49H36O. The molecule has 0 N–H and O–H groups in total. The van der Waals surface area contributed by atoms with E-state index >= 15 is 0 Å². The van der Waals surface area contributed by atoms with Gasteiger partial charge in [-0.1, -0.05) is 158 Å². The summed E-state index contributed by atoms with van der Waals surface area (Å²) in [6.07, 6.45) is 6.75. The Morgan fingerprint density at radius 1 is 0.380 bits per heavy atom. The SMILES string of the molecule is C1=CC2=C(CC1)COc1cccc(-c3ccc(-c4cc(-c5ccc(-c6ccccc6)cc5)cc(-c5ccc(-c6ccccc6)cc5)c4)cc3)c12. The molecule has 0 saturated heterocycles. The molecule has 1 heteroatoms. The van der Waals surface area contributed by atoms with Gasteiger partial charge in [-0.15, -0.1) is 0 Å². The van der Waals surface area contributed by atoms with Crippen molar-refractivity contribution in [2.75, 3.05) is 6.61 Å². The van der Waals surface area contributed by atoms with Gasteiger partial charge in [-0.3, -0.25) is 0 Å². The van der Waals surface area contributed by atoms with E-state index in [4.69, 9.17) is 4.74 Å². The average molecular weight is 641 g/mol. The summed E-state index contributed by atoms with van der Waals surface area (Å²) in [7, 11) is 0. The minimum atomic E-state index is 0.692. The third-order valence-electron chi connectivity index (χ3n) is 10.1. The van der Waals surface area contributed by atoms with Crippen LogP contribution in [0.3, 0.4) is 0 Å². The van der Waals surface area contributed by atoms with Crippen molar-refractivity contribution in [3.8, 4) is 72.5 Å². The maximum Gasteiger partial charge on any atom is 0.128 e. The standard InChI is InChI=1S/C49H36O/c1-3-10-34(11-4-1)36-18-22-38(23-19-36)43-30-44(39-24-20-37(21-25-39)35-12-5-2-6-13-35)32-45(31-43)40-26-28-41(29-27-40)46-16-9-17-48-49(46)47-15-8-7-14-42(47)33-50-48/h1-6,8-13,15-32H,7,14,33H2. The molecule has 1 aliphatic heterocycles. The second-order valence-electron chi connectivity index (χ2n) is 13.2. The van der Waals surface area contributed by atoms with E-state index in [1.807, 2.05) is 0 Å². The van der Waals surface area contributed by atoms with Gasteiger partial charge < -0.3 is 4.74 Å². The normalized spacial score (nSPS) is 13.4. The van der Waals surface area contributed by atoms with Gasteiger partial charge in [0.1, 0.15) is 12.4 Å². The van der Waals surface area contributed by atoms with Crippen molar-refractivity contribution >= 4 is 5.57 Å². The smallest absolute Gasteiger partial charge is 0.128 e. The molecule has 0 unspecified atom stereocenters. The first-order valence-electron chi connectivity index (χ1n) is 17.5. The maximum atomic E-state index is 6.23. The van der Waals surface area contributed by atoms with E-state index in [-0.39, 0.29) is 0 Å². The Labute approximate surface area is 294 Å². The van der Waals surface area contributed by atoms with Crippen molar-refractivity contribution < 1.29 is 4.74 Å². The molecule has 7 aromatic carbocycles. The molecule has 0 bridgehead atoms. The molecule has 9 rings (SSSR count). The molecule has 238 valence electrons. The molecule has 1 nitrogen and oxygen atoms in total. The molecule has 0 atom stereocenters. The molecule has 0 radical (unpaired) electrons. The number of benzene rings is 7. The Hall–Kier alpha value is -6.18. The third-order valence-corrected chi connectivity index (χ3v) is 10.1. The molecule has 0 aromatic heterocycles. The predicted molar refractivity (Wildman–Crippen MR) is 210 cm³/mol. The summed E-state index contributed by atoms with van der Waals surface area (Å²) in [6, 6.07) is 61.5. The van der Waals surface area contributed by atoms with Crippen molar-refractivity contribution in [3.05, 3.63) is 193 Å². The Kier molecular flexibility index (Phi) is 7.80. The maximum absolute atomic E-state index is 6.23. The zero-order valence-corrected chi connectivity index (χ0v) is 27.9. The van der Waals surface area contributed by atoms with Gasteiger partial charge in [0.25, 0.3) is 0 Å². The Balaban J connectivity index is 1.11. The van der Waals surface area contributed by atoms with E-state index in [0.717, 1.165) is 18.6 Å². The van der Waals surface area contributed by atoms with Gasteiger partial charge in [0, 0.05) is 5.56 Å². The zero-order chi connectivity index (χ0) is 33.3. The van der Waals surface area contributed by atoms with E-state index in [9.17, 15) is 0 Å². The second-order valence-corrected chi connectivity index (χ2v) is 13.2. The monoisotopic (exact) mass is 640 g/mol. The highest BCUT2D eigenvalue weighted by Crippen LogP contribution is 2.44. The lowest BCUT2D eigenvalue weighted by molar-refractivity contribution is 0.341. The van der Waals surface area contributed by atoms with Crippen LogP contribution in [0.5, 0.6) is 5.75 Å². The van der Waals surface area contributed by atoms with Crippen molar-refractivity contribution in [3.63, 3.8) is 0 Å². The van der Waals surface area contributed by atoms with Crippen LogP contribution in [0.15, 0.2) is 188 Å². The molecule has 0 saturated carbocycles. The summed E-state index contributed by atoms with van der Waals surface area (Å²) in [5.41, 5.74) is 18.5. The largest absolute Gasteiger partial charge is 0.489 e. The van der Waals surface area contributed by atoms with Gasteiger partial charge in [-0.05, 0) is 115 Å². The summed E-state index contributed by atoms with van der Waals surface area (Å²) in [6.45, 7) is 0.692. The molecule has 2 aliphatic rings. The Morgan fingerprint density at radius 3 is 1.32 bits per heavy atom. The average Bonchev–Trinajstić information content (AvgIpc) is 3.21. The van der Waals surface area contributed by atoms with Crippen molar-refractivity contribution in [2.24, 2.45) is 0 Å². The fourth-order valence-electron chi connectivity index (χ4n) is 7.40. The van der Waals surface area contributed by atoms with E-state index in [0.29, 0.717) is 6.61 Å². The molecule has 0 amide bonds. The highest BCUT2D eigenvalue weighted by Gasteiger charge is 2.23. The fraction of sp³-hybridized carbons (Fsp3) is 0.0612. The van der Waals surface area contributed by atoms with Gasteiger partial charge in [0.2, 0.25) is 0 Å². The summed E-state index contributed by atoms with van der Waals surface area (Å²) in [5, 5.41) is 0. The third kappa shape index (κ3) is 5.78. The molecule has 0 fully saturated rings. The van der Waals surface area contributed by atoms with E-state index in [1.165, 1.54) is 83.5 Å². The minimum Gasteiger partial charge on any atom is -0.489 e. The summed E-state index contributed by atoms with van der Waals surface area (Å²) >= 11 is 0. The number of fused-ring (bicyclic) bond motifs is 2. The number of ether oxygens (including phenoxy) is 1. The molecule has 7 aromatic rings. The number of hydrogen-bond donors (Lipinski definition) is 0. The second kappa shape index (κ2) is 13.0. The molecule has 0 spiro atoms. The van der Waals surface area contributed by atoms with Crippen LogP contribution in [-0.4, -0.2) is 6.61 Å². The molecule has 1 aliphatic carbocycles. The fourth-order valence-corrected chi connectivity index (χ4v) is 7.40. The van der Waals surface area contributed by atoms with Crippen LogP contribution in [0.4, 0.5) is 0 Å². The van der Waals surface area contributed by atoms with Crippen LogP contribution >= 0.6 is 0 Å². The quantitative estimate of drug-likeness (QED) is 0.176. The van der Waals surface area contributed by atoms with Crippen LogP contribution in [0.2, 0.25) is 0 Å². The molecule has 1 heterocycles. The van der Waals surface area contributed by atoms with Crippen LogP contribution in [0, 0.1) is 0 Å². The van der Waals surface area contributed by atoms with Crippen LogP contribution in [-0.2, 0) is 0 Å². The predicted octanol–water partition coefficient (Wildman–Crippen LogP) is 13.2. The number of rotatable bonds is 6. The van der Waals surface area contributed by atoms with Crippen molar-refractivity contribution in [1.29, 1.82) is 0 Å².